The molecule has 112 valence electrons. The topological polar surface area (TPSA) is 9.23 Å². The summed E-state index contributed by atoms with van der Waals surface area (Å²) in [6.07, 6.45) is 6.84. The van der Waals surface area contributed by atoms with Gasteiger partial charge in [-0.3, -0.25) is 0 Å². The fourth-order valence-electron chi connectivity index (χ4n) is 3.07. The zero-order valence-electron chi connectivity index (χ0n) is 13.2. The third kappa shape index (κ3) is 2.19. The molecule has 0 heterocycles. The SMILES string of the molecule is CS(C)(C)COc1ccc2ccc3cccc4ccc1c2c34. The van der Waals surface area contributed by atoms with Gasteiger partial charge >= 0.3 is 0 Å². The van der Waals surface area contributed by atoms with Gasteiger partial charge in [0.2, 0.25) is 0 Å². The number of ether oxygens (including phenoxy) is 1. The molecule has 0 saturated heterocycles. The van der Waals surface area contributed by atoms with E-state index in [2.05, 4.69) is 73.4 Å². The van der Waals surface area contributed by atoms with E-state index < -0.39 is 10.0 Å². The molecule has 0 aliphatic rings. The summed E-state index contributed by atoms with van der Waals surface area (Å²) in [6, 6.07) is 19.6. The van der Waals surface area contributed by atoms with Crippen molar-refractivity contribution < 1.29 is 4.74 Å². The summed E-state index contributed by atoms with van der Waals surface area (Å²) < 4.78 is 6.16. The van der Waals surface area contributed by atoms with Gasteiger partial charge in [0.15, 0.2) is 0 Å². The highest BCUT2D eigenvalue weighted by Crippen LogP contribution is 2.40. The van der Waals surface area contributed by atoms with Gasteiger partial charge in [0, 0.05) is 10.8 Å². The molecule has 0 N–H and O–H groups in total. The van der Waals surface area contributed by atoms with E-state index in [1.54, 1.807) is 0 Å². The minimum absolute atomic E-state index is 0.674. The van der Waals surface area contributed by atoms with E-state index in [0.717, 1.165) is 11.7 Å². The van der Waals surface area contributed by atoms with Gasteiger partial charge in [-0.15, -0.1) is 0 Å². The summed E-state index contributed by atoms with van der Waals surface area (Å²) in [5.74, 6) is 1.81. The number of hydrogen-bond donors (Lipinski definition) is 0. The van der Waals surface area contributed by atoms with Gasteiger partial charge in [0.05, 0.1) is 0 Å². The first kappa shape index (κ1) is 13.7. The van der Waals surface area contributed by atoms with Crippen molar-refractivity contribution in [2.45, 2.75) is 0 Å². The van der Waals surface area contributed by atoms with Crippen LogP contribution >= 0.6 is 10.0 Å². The lowest BCUT2D eigenvalue weighted by molar-refractivity contribution is 0.395. The van der Waals surface area contributed by atoms with Crippen LogP contribution in [0, 0.1) is 0 Å². The van der Waals surface area contributed by atoms with E-state index in [-0.39, 0.29) is 0 Å². The van der Waals surface area contributed by atoms with Gasteiger partial charge in [-0.05, 0) is 52.4 Å². The summed E-state index contributed by atoms with van der Waals surface area (Å²) in [6.45, 7) is 0. The van der Waals surface area contributed by atoms with Gasteiger partial charge in [0.1, 0.15) is 11.7 Å². The van der Waals surface area contributed by atoms with Crippen molar-refractivity contribution in [2.24, 2.45) is 0 Å². The molecular formula is C20H20OS. The van der Waals surface area contributed by atoms with Crippen LogP contribution in [0.1, 0.15) is 0 Å². The molecule has 22 heavy (non-hydrogen) atoms. The van der Waals surface area contributed by atoms with E-state index in [1.165, 1.54) is 32.3 Å². The third-order valence-electron chi connectivity index (χ3n) is 4.06. The Kier molecular flexibility index (Phi) is 2.98. The van der Waals surface area contributed by atoms with Crippen molar-refractivity contribution in [1.82, 2.24) is 0 Å². The summed E-state index contributed by atoms with van der Waals surface area (Å²) in [5.41, 5.74) is 0. The Morgan fingerprint density at radius 2 is 1.32 bits per heavy atom. The zero-order valence-corrected chi connectivity index (χ0v) is 14.0. The summed E-state index contributed by atoms with van der Waals surface area (Å²) in [5, 5.41) is 7.80. The molecule has 1 nitrogen and oxygen atoms in total. The Balaban J connectivity index is 2.00. The highest BCUT2D eigenvalue weighted by atomic mass is 32.3. The third-order valence-corrected chi connectivity index (χ3v) is 4.88. The van der Waals surface area contributed by atoms with E-state index in [9.17, 15) is 0 Å². The first-order chi connectivity index (χ1) is 10.5. The highest BCUT2D eigenvalue weighted by molar-refractivity contribution is 8.32. The molecule has 0 atom stereocenters. The standard InChI is InChI=1S/C20H20OS/c1-22(2,3)13-21-18-12-10-16-8-7-14-5-4-6-15-9-11-17(18)20(16)19(14)15/h4-12H,13H2,1-3H3. The molecule has 0 aliphatic carbocycles. The minimum atomic E-state index is -0.674. The van der Waals surface area contributed by atoms with Gasteiger partial charge in [-0.1, -0.05) is 42.5 Å². The molecular weight excluding hydrogens is 288 g/mol. The van der Waals surface area contributed by atoms with Crippen molar-refractivity contribution in [3.05, 3.63) is 54.6 Å². The molecule has 0 aromatic heterocycles. The van der Waals surface area contributed by atoms with Crippen molar-refractivity contribution in [1.29, 1.82) is 0 Å². The lowest BCUT2D eigenvalue weighted by Gasteiger charge is -2.25. The Morgan fingerprint density at radius 3 is 2.00 bits per heavy atom. The van der Waals surface area contributed by atoms with Crippen molar-refractivity contribution in [3.8, 4) is 5.75 Å². The van der Waals surface area contributed by atoms with Gasteiger partial charge in [-0.2, -0.15) is 0 Å². The number of rotatable bonds is 3. The largest absolute Gasteiger partial charge is 0.484 e. The van der Waals surface area contributed by atoms with Gasteiger partial charge in [-0.25, -0.2) is 10.0 Å². The van der Waals surface area contributed by atoms with E-state index in [4.69, 9.17) is 4.74 Å². The van der Waals surface area contributed by atoms with Gasteiger partial charge < -0.3 is 4.74 Å². The van der Waals surface area contributed by atoms with Crippen LogP contribution in [0.25, 0.3) is 32.3 Å². The van der Waals surface area contributed by atoms with E-state index in [0.29, 0.717) is 0 Å². The lowest BCUT2D eigenvalue weighted by Crippen LogP contribution is -2.06. The Labute approximate surface area is 132 Å². The Hall–Kier alpha value is -1.93. The van der Waals surface area contributed by atoms with Crippen molar-refractivity contribution in [2.75, 3.05) is 24.7 Å². The molecule has 0 fully saturated rings. The molecule has 0 aliphatic heterocycles. The fourth-order valence-corrected chi connectivity index (χ4v) is 3.56. The van der Waals surface area contributed by atoms with Crippen LogP contribution in [-0.2, 0) is 0 Å². The minimum Gasteiger partial charge on any atom is -0.484 e. The molecule has 0 spiro atoms. The summed E-state index contributed by atoms with van der Waals surface area (Å²) in [7, 11) is -0.674. The molecule has 4 aromatic carbocycles. The average molecular weight is 308 g/mol. The molecule has 0 radical (unpaired) electrons. The molecule has 0 amide bonds. The molecule has 0 bridgehead atoms. The fraction of sp³-hybridized carbons (Fsp3) is 0.200. The van der Waals surface area contributed by atoms with Crippen LogP contribution in [0.15, 0.2) is 54.6 Å². The Bertz CT molecular complexity index is 950. The van der Waals surface area contributed by atoms with Crippen LogP contribution in [0.5, 0.6) is 5.75 Å². The predicted molar refractivity (Wildman–Crippen MR) is 101 cm³/mol. The molecule has 4 aromatic rings. The first-order valence-electron chi connectivity index (χ1n) is 7.48. The predicted octanol–water partition coefficient (Wildman–Crippen LogP) is 5.61. The first-order valence-corrected chi connectivity index (χ1v) is 10.5. The normalized spacial score (nSPS) is 13.2. The zero-order chi connectivity index (χ0) is 15.3. The second kappa shape index (κ2) is 4.79. The Morgan fingerprint density at radius 1 is 0.727 bits per heavy atom. The summed E-state index contributed by atoms with van der Waals surface area (Å²) >= 11 is 0. The molecule has 0 unspecified atom stereocenters. The second-order valence-electron chi connectivity index (χ2n) is 6.77. The van der Waals surface area contributed by atoms with Crippen LogP contribution < -0.4 is 4.74 Å². The van der Waals surface area contributed by atoms with Crippen LogP contribution in [-0.4, -0.2) is 24.7 Å². The van der Waals surface area contributed by atoms with Crippen molar-refractivity contribution in [3.63, 3.8) is 0 Å². The maximum atomic E-state index is 6.16. The average Bonchev–Trinajstić information content (AvgIpc) is 2.50. The smallest absolute Gasteiger partial charge is 0.128 e. The second-order valence-corrected chi connectivity index (χ2v) is 11.2. The van der Waals surface area contributed by atoms with Crippen molar-refractivity contribution >= 4 is 42.3 Å². The summed E-state index contributed by atoms with van der Waals surface area (Å²) in [4.78, 5) is 0. The molecule has 2 heteroatoms. The maximum absolute atomic E-state index is 6.16. The van der Waals surface area contributed by atoms with Gasteiger partial charge in [0.25, 0.3) is 0 Å². The maximum Gasteiger partial charge on any atom is 0.128 e. The van der Waals surface area contributed by atoms with E-state index in [1.807, 2.05) is 0 Å². The highest BCUT2D eigenvalue weighted by Gasteiger charge is 2.12. The monoisotopic (exact) mass is 308 g/mol. The van der Waals surface area contributed by atoms with E-state index >= 15 is 0 Å². The lowest BCUT2D eigenvalue weighted by atomic mass is 9.94. The quantitative estimate of drug-likeness (QED) is 0.447. The van der Waals surface area contributed by atoms with Crippen LogP contribution in [0.4, 0.5) is 0 Å². The number of benzene rings is 4. The van der Waals surface area contributed by atoms with Crippen LogP contribution in [0.3, 0.4) is 0 Å². The van der Waals surface area contributed by atoms with Crippen LogP contribution in [0.2, 0.25) is 0 Å². The molecule has 0 saturated carbocycles. The molecule has 4 rings (SSSR count). The number of hydrogen-bond acceptors (Lipinski definition) is 1.